The van der Waals surface area contributed by atoms with Crippen LogP contribution >= 0.6 is 0 Å². The molecule has 1 aliphatic rings. The maximum absolute atomic E-state index is 12.6. The normalized spacial score (nSPS) is 13.1. The molecule has 1 amide bonds. The molecule has 0 saturated carbocycles. The van der Waals surface area contributed by atoms with Crippen LogP contribution in [0, 0.1) is 11.5 Å². The number of hydrogen-bond donors (Lipinski definition) is 2. The van der Waals surface area contributed by atoms with Gasteiger partial charge in [-0.05, 0) is 39.9 Å². The monoisotopic (exact) mass is 483 g/mol. The highest BCUT2D eigenvalue weighted by Crippen LogP contribution is 2.44. The van der Waals surface area contributed by atoms with Gasteiger partial charge < -0.3 is 15.2 Å². The van der Waals surface area contributed by atoms with Crippen molar-refractivity contribution in [1.29, 1.82) is 0 Å². The molecular formula is C29H29NO4Si. The first-order valence-electron chi connectivity index (χ1n) is 11.7. The van der Waals surface area contributed by atoms with Crippen molar-refractivity contribution in [2.45, 2.75) is 38.0 Å². The number of fused-ring (bicyclic) bond motifs is 3. The van der Waals surface area contributed by atoms with Crippen molar-refractivity contribution in [2.75, 3.05) is 6.61 Å². The number of nitrogens with one attached hydrogen (secondary N) is 1. The first-order chi connectivity index (χ1) is 16.7. The molecular weight excluding hydrogens is 454 g/mol. The van der Waals surface area contributed by atoms with E-state index in [0.29, 0.717) is 0 Å². The van der Waals surface area contributed by atoms with Crippen molar-refractivity contribution >= 4 is 20.1 Å². The van der Waals surface area contributed by atoms with Gasteiger partial charge in [0.15, 0.2) is 0 Å². The molecule has 0 fully saturated rings. The molecule has 2 N–H and O–H groups in total. The molecule has 0 aliphatic heterocycles. The standard InChI is InChI=1S/C29H29NO4Si/c1-35(2,3)17-16-20-12-14-21(15-13-20)18-27(28(31)32)30-29(33)34-19-26-24-10-6-4-8-22(24)23-9-5-7-11-25(23)26/h4-15,26-27H,18-19H2,1-3H3,(H,30,33)(H,31,32)/t27-/m0/s1. The Bertz CT molecular complexity index is 1250. The summed E-state index contributed by atoms with van der Waals surface area (Å²) in [6, 6.07) is 22.5. The lowest BCUT2D eigenvalue weighted by Crippen LogP contribution is -2.42. The zero-order valence-corrected chi connectivity index (χ0v) is 21.2. The van der Waals surface area contributed by atoms with Gasteiger partial charge >= 0.3 is 12.1 Å². The number of aliphatic carboxylic acids is 1. The third-order valence-corrected chi connectivity index (χ3v) is 6.78. The minimum atomic E-state index is -1.47. The maximum Gasteiger partial charge on any atom is 0.407 e. The predicted molar refractivity (Wildman–Crippen MR) is 140 cm³/mol. The Morgan fingerprint density at radius 3 is 2.06 bits per heavy atom. The third kappa shape index (κ3) is 6.00. The van der Waals surface area contributed by atoms with Crippen molar-refractivity contribution in [1.82, 2.24) is 5.32 Å². The highest BCUT2D eigenvalue weighted by Gasteiger charge is 2.29. The van der Waals surface area contributed by atoms with Crippen molar-refractivity contribution in [3.8, 4) is 22.6 Å². The maximum atomic E-state index is 12.6. The summed E-state index contributed by atoms with van der Waals surface area (Å²) in [5, 5.41) is 12.2. The summed E-state index contributed by atoms with van der Waals surface area (Å²) in [5.74, 6) is 1.99. The fourth-order valence-electron chi connectivity index (χ4n) is 4.20. The second kappa shape index (κ2) is 10.2. The number of rotatable bonds is 6. The van der Waals surface area contributed by atoms with E-state index < -0.39 is 26.2 Å². The van der Waals surface area contributed by atoms with Gasteiger partial charge in [-0.25, -0.2) is 9.59 Å². The molecule has 6 heteroatoms. The minimum absolute atomic E-state index is 0.0822. The molecule has 4 rings (SSSR count). The van der Waals surface area contributed by atoms with Crippen LogP contribution in [-0.2, 0) is 16.0 Å². The van der Waals surface area contributed by atoms with E-state index >= 15 is 0 Å². The van der Waals surface area contributed by atoms with Gasteiger partial charge in [-0.1, -0.05) is 86.2 Å². The van der Waals surface area contributed by atoms with Gasteiger partial charge in [0.1, 0.15) is 20.7 Å². The predicted octanol–water partition coefficient (Wildman–Crippen LogP) is 5.45. The zero-order chi connectivity index (χ0) is 25.0. The summed E-state index contributed by atoms with van der Waals surface area (Å²) in [7, 11) is -1.47. The van der Waals surface area contributed by atoms with E-state index in [1.54, 1.807) is 0 Å². The molecule has 0 unspecified atom stereocenters. The summed E-state index contributed by atoms with van der Waals surface area (Å²) in [6.45, 7) is 6.68. The summed E-state index contributed by atoms with van der Waals surface area (Å²) in [4.78, 5) is 24.4. The van der Waals surface area contributed by atoms with E-state index in [4.69, 9.17) is 4.74 Å². The molecule has 0 heterocycles. The van der Waals surface area contributed by atoms with E-state index in [1.165, 1.54) is 0 Å². The molecule has 1 atom stereocenters. The average Bonchev–Trinajstić information content (AvgIpc) is 3.15. The zero-order valence-electron chi connectivity index (χ0n) is 20.2. The number of benzene rings is 3. The second-order valence-corrected chi connectivity index (χ2v) is 14.5. The number of carbonyl (C=O) groups is 2. The summed E-state index contributed by atoms with van der Waals surface area (Å²) >= 11 is 0. The van der Waals surface area contributed by atoms with Crippen LogP contribution in [0.5, 0.6) is 0 Å². The van der Waals surface area contributed by atoms with E-state index in [9.17, 15) is 14.7 Å². The molecule has 0 saturated heterocycles. The van der Waals surface area contributed by atoms with Gasteiger partial charge in [0.25, 0.3) is 0 Å². The first-order valence-corrected chi connectivity index (χ1v) is 15.2. The van der Waals surface area contributed by atoms with Crippen molar-refractivity contribution < 1.29 is 19.4 Å². The average molecular weight is 484 g/mol. The van der Waals surface area contributed by atoms with Gasteiger partial charge in [0.05, 0.1) is 0 Å². The summed E-state index contributed by atoms with van der Waals surface area (Å²) in [5.41, 5.74) is 9.50. The lowest BCUT2D eigenvalue weighted by atomic mass is 9.98. The molecule has 0 aromatic heterocycles. The number of amides is 1. The van der Waals surface area contributed by atoms with E-state index in [2.05, 4.69) is 48.6 Å². The minimum Gasteiger partial charge on any atom is -0.480 e. The van der Waals surface area contributed by atoms with Gasteiger partial charge in [-0.2, -0.15) is 0 Å². The van der Waals surface area contributed by atoms with Gasteiger partial charge in [0.2, 0.25) is 0 Å². The first kappa shape index (κ1) is 24.3. The molecule has 0 spiro atoms. The van der Waals surface area contributed by atoms with E-state index in [-0.39, 0.29) is 18.9 Å². The smallest absolute Gasteiger partial charge is 0.407 e. The van der Waals surface area contributed by atoms with Gasteiger partial charge in [-0.15, -0.1) is 5.54 Å². The van der Waals surface area contributed by atoms with E-state index in [0.717, 1.165) is 33.4 Å². The van der Waals surface area contributed by atoms with Crippen molar-refractivity contribution in [3.63, 3.8) is 0 Å². The molecule has 5 nitrogen and oxygen atoms in total. The number of carboxylic acid groups (broad SMARTS) is 1. The lowest BCUT2D eigenvalue weighted by molar-refractivity contribution is -0.139. The van der Waals surface area contributed by atoms with Crippen LogP contribution in [0.15, 0.2) is 72.8 Å². The highest BCUT2D eigenvalue weighted by atomic mass is 28.3. The fourth-order valence-corrected chi connectivity index (χ4v) is 4.72. The van der Waals surface area contributed by atoms with Crippen LogP contribution in [0.4, 0.5) is 4.79 Å². The Labute approximate surface area is 207 Å². The summed E-state index contributed by atoms with van der Waals surface area (Å²) in [6.07, 6.45) is -0.585. The van der Waals surface area contributed by atoms with Crippen molar-refractivity contribution in [2.24, 2.45) is 0 Å². The quantitative estimate of drug-likeness (QED) is 0.361. The number of hydrogen-bond acceptors (Lipinski definition) is 3. The Morgan fingerprint density at radius 1 is 0.943 bits per heavy atom. The summed E-state index contributed by atoms with van der Waals surface area (Å²) < 4.78 is 5.51. The van der Waals surface area contributed by atoms with Crippen molar-refractivity contribution in [3.05, 3.63) is 95.1 Å². The van der Waals surface area contributed by atoms with Crippen LogP contribution in [0.1, 0.15) is 28.2 Å². The number of carbonyl (C=O) groups excluding carboxylic acids is 1. The highest BCUT2D eigenvalue weighted by molar-refractivity contribution is 6.83. The number of carboxylic acids is 1. The van der Waals surface area contributed by atoms with Crippen LogP contribution < -0.4 is 5.32 Å². The van der Waals surface area contributed by atoms with E-state index in [1.807, 2.05) is 60.7 Å². The Morgan fingerprint density at radius 2 is 1.51 bits per heavy atom. The molecule has 1 aliphatic carbocycles. The molecule has 3 aromatic rings. The molecule has 35 heavy (non-hydrogen) atoms. The number of ether oxygens (including phenoxy) is 1. The largest absolute Gasteiger partial charge is 0.480 e. The Balaban J connectivity index is 1.38. The molecule has 3 aromatic carbocycles. The second-order valence-electron chi connectivity index (χ2n) is 9.76. The fraction of sp³-hybridized carbons (Fsp3) is 0.241. The third-order valence-electron chi connectivity index (χ3n) is 5.91. The molecule has 178 valence electrons. The molecule has 0 bridgehead atoms. The number of alkyl carbamates (subject to hydrolysis) is 1. The lowest BCUT2D eigenvalue weighted by Gasteiger charge is -2.17. The SMILES string of the molecule is C[Si](C)(C)C#Cc1ccc(C[C@H](NC(=O)OCC2c3ccccc3-c3ccccc32)C(=O)O)cc1. The van der Waals surface area contributed by atoms with Crippen LogP contribution in [0.2, 0.25) is 19.6 Å². The van der Waals surface area contributed by atoms with Gasteiger partial charge in [0, 0.05) is 17.9 Å². The van der Waals surface area contributed by atoms with Crippen LogP contribution in [-0.4, -0.2) is 37.9 Å². The van der Waals surface area contributed by atoms with Crippen LogP contribution in [0.25, 0.3) is 11.1 Å². The topological polar surface area (TPSA) is 75.6 Å². The van der Waals surface area contributed by atoms with Gasteiger partial charge in [-0.3, -0.25) is 0 Å². The molecule has 0 radical (unpaired) electrons. The Kier molecular flexibility index (Phi) is 7.09. The Hall–Kier alpha value is -3.82. The van der Waals surface area contributed by atoms with Crippen LogP contribution in [0.3, 0.4) is 0 Å².